The number of nitrogens with one attached hydrogen (secondary N) is 1. The third-order valence-corrected chi connectivity index (χ3v) is 2.58. The van der Waals surface area contributed by atoms with E-state index in [-0.39, 0.29) is 24.3 Å². The van der Waals surface area contributed by atoms with E-state index in [1.54, 1.807) is 0 Å². The molecule has 0 aliphatic carbocycles. The fraction of sp³-hybridized carbons (Fsp3) is 0.462. The van der Waals surface area contributed by atoms with Gasteiger partial charge in [-0.15, -0.1) is 0 Å². The van der Waals surface area contributed by atoms with Crippen molar-refractivity contribution in [3.63, 3.8) is 0 Å². The molecule has 0 spiro atoms. The molecule has 3 nitrogen and oxygen atoms in total. The number of carbonyl (C=O) groups is 1. The molecule has 18 heavy (non-hydrogen) atoms. The predicted octanol–water partition coefficient (Wildman–Crippen LogP) is 1.75. The molecule has 3 N–H and O–H groups in total. The van der Waals surface area contributed by atoms with Crippen molar-refractivity contribution in [3.05, 3.63) is 35.4 Å². The highest BCUT2D eigenvalue weighted by Gasteiger charge is 2.07. The summed E-state index contributed by atoms with van der Waals surface area (Å²) in [7, 11) is 0. The Morgan fingerprint density at radius 3 is 2.78 bits per heavy atom. The third kappa shape index (κ3) is 5.23. The summed E-state index contributed by atoms with van der Waals surface area (Å²) in [5.74, 6) is -1.13. The summed E-state index contributed by atoms with van der Waals surface area (Å²) in [6.07, 6.45) is 2.05. The molecule has 0 atom stereocenters. The second kappa shape index (κ2) is 7.76. The first kappa shape index (κ1) is 14.6. The molecule has 0 heterocycles. The van der Waals surface area contributed by atoms with Crippen molar-refractivity contribution in [2.24, 2.45) is 5.73 Å². The molecular weight excluding hydrogens is 238 g/mol. The van der Waals surface area contributed by atoms with Crippen LogP contribution in [0, 0.1) is 11.6 Å². The maximum absolute atomic E-state index is 13.3. The second-order valence-corrected chi connectivity index (χ2v) is 4.08. The van der Waals surface area contributed by atoms with E-state index in [9.17, 15) is 13.6 Å². The van der Waals surface area contributed by atoms with E-state index in [1.165, 1.54) is 0 Å². The third-order valence-electron chi connectivity index (χ3n) is 2.58. The number of rotatable bonds is 7. The lowest BCUT2D eigenvalue weighted by Crippen LogP contribution is -2.25. The normalized spacial score (nSPS) is 10.4. The number of unbranched alkanes of at least 4 members (excludes halogenated alkanes) is 1. The lowest BCUT2D eigenvalue weighted by atomic mass is 10.1. The van der Waals surface area contributed by atoms with E-state index in [0.29, 0.717) is 13.1 Å². The van der Waals surface area contributed by atoms with E-state index in [1.807, 2.05) is 0 Å². The number of hydrogen-bond acceptors (Lipinski definition) is 2. The molecule has 0 radical (unpaired) electrons. The molecule has 1 aromatic carbocycles. The van der Waals surface area contributed by atoms with E-state index in [4.69, 9.17) is 5.73 Å². The molecule has 5 heteroatoms. The van der Waals surface area contributed by atoms with Crippen LogP contribution in [0.3, 0.4) is 0 Å². The van der Waals surface area contributed by atoms with E-state index in [0.717, 1.165) is 31.0 Å². The summed E-state index contributed by atoms with van der Waals surface area (Å²) in [5.41, 5.74) is 5.55. The fourth-order valence-electron chi connectivity index (χ4n) is 1.57. The lowest BCUT2D eigenvalue weighted by molar-refractivity contribution is -0.121. The Bertz CT molecular complexity index is 397. The maximum Gasteiger partial charge on any atom is 0.220 e. The van der Waals surface area contributed by atoms with Gasteiger partial charge in [0, 0.05) is 13.0 Å². The average molecular weight is 256 g/mol. The van der Waals surface area contributed by atoms with Gasteiger partial charge in [0.05, 0.1) is 0 Å². The van der Waals surface area contributed by atoms with Gasteiger partial charge in [0.1, 0.15) is 11.6 Å². The van der Waals surface area contributed by atoms with Crippen molar-refractivity contribution >= 4 is 5.91 Å². The van der Waals surface area contributed by atoms with E-state index < -0.39 is 11.6 Å². The van der Waals surface area contributed by atoms with Gasteiger partial charge in [0.15, 0.2) is 0 Å². The zero-order chi connectivity index (χ0) is 13.4. The fourth-order valence-corrected chi connectivity index (χ4v) is 1.57. The second-order valence-electron chi connectivity index (χ2n) is 4.08. The molecule has 1 amide bonds. The Balaban J connectivity index is 2.31. The van der Waals surface area contributed by atoms with Crippen LogP contribution in [0.2, 0.25) is 0 Å². The monoisotopic (exact) mass is 256 g/mol. The Labute approximate surface area is 105 Å². The predicted molar refractivity (Wildman–Crippen MR) is 66.0 cm³/mol. The summed E-state index contributed by atoms with van der Waals surface area (Å²) < 4.78 is 26.1. The SMILES string of the molecule is NCCCCNC(=O)CCc1cc(F)ccc1F. The van der Waals surface area contributed by atoms with Crippen molar-refractivity contribution in [2.75, 3.05) is 13.1 Å². The van der Waals surface area contributed by atoms with Crippen molar-refractivity contribution in [1.29, 1.82) is 0 Å². The quantitative estimate of drug-likeness (QED) is 0.730. The van der Waals surface area contributed by atoms with Gasteiger partial charge < -0.3 is 11.1 Å². The molecule has 0 aliphatic rings. The van der Waals surface area contributed by atoms with Gasteiger partial charge >= 0.3 is 0 Å². The van der Waals surface area contributed by atoms with Crippen LogP contribution in [0.15, 0.2) is 18.2 Å². The van der Waals surface area contributed by atoms with E-state index in [2.05, 4.69) is 5.32 Å². The number of benzene rings is 1. The van der Waals surface area contributed by atoms with Crippen molar-refractivity contribution in [3.8, 4) is 0 Å². The molecule has 0 bridgehead atoms. The van der Waals surface area contributed by atoms with Gasteiger partial charge in [0.2, 0.25) is 5.91 Å². The minimum Gasteiger partial charge on any atom is -0.356 e. The summed E-state index contributed by atoms with van der Waals surface area (Å²) in [5, 5.41) is 2.71. The van der Waals surface area contributed by atoms with Crippen LogP contribution in [0.5, 0.6) is 0 Å². The molecule has 1 rings (SSSR count). The number of nitrogens with two attached hydrogens (primary N) is 1. The molecular formula is C13H18F2N2O. The first-order valence-electron chi connectivity index (χ1n) is 6.04. The number of aryl methyl sites for hydroxylation is 1. The van der Waals surface area contributed by atoms with Crippen LogP contribution in [0.4, 0.5) is 8.78 Å². The van der Waals surface area contributed by atoms with Crippen molar-refractivity contribution in [1.82, 2.24) is 5.32 Å². The van der Waals surface area contributed by atoms with Crippen molar-refractivity contribution < 1.29 is 13.6 Å². The van der Waals surface area contributed by atoms with Gasteiger partial charge in [0.25, 0.3) is 0 Å². The summed E-state index contributed by atoms with van der Waals surface area (Å²) in [6, 6.07) is 3.26. The van der Waals surface area contributed by atoms with E-state index >= 15 is 0 Å². The van der Waals surface area contributed by atoms with Crippen LogP contribution >= 0.6 is 0 Å². The maximum atomic E-state index is 13.3. The van der Waals surface area contributed by atoms with Crippen LogP contribution in [-0.4, -0.2) is 19.0 Å². The highest BCUT2D eigenvalue weighted by atomic mass is 19.1. The number of carbonyl (C=O) groups excluding carboxylic acids is 1. The van der Waals surface area contributed by atoms with Gasteiger partial charge in [-0.3, -0.25) is 4.79 Å². The Kier molecular flexibility index (Phi) is 6.28. The zero-order valence-corrected chi connectivity index (χ0v) is 10.2. The average Bonchev–Trinajstić information content (AvgIpc) is 2.36. The van der Waals surface area contributed by atoms with Crippen LogP contribution in [-0.2, 0) is 11.2 Å². The molecule has 100 valence electrons. The van der Waals surface area contributed by atoms with Gasteiger partial charge in [-0.1, -0.05) is 0 Å². The number of halogens is 2. The Morgan fingerprint density at radius 1 is 1.28 bits per heavy atom. The lowest BCUT2D eigenvalue weighted by Gasteiger charge is -2.05. The van der Waals surface area contributed by atoms with Crippen LogP contribution in [0.25, 0.3) is 0 Å². The molecule has 0 unspecified atom stereocenters. The Morgan fingerprint density at radius 2 is 2.06 bits per heavy atom. The van der Waals surface area contributed by atoms with Gasteiger partial charge in [-0.05, 0) is 49.6 Å². The largest absolute Gasteiger partial charge is 0.356 e. The summed E-state index contributed by atoms with van der Waals surface area (Å²) >= 11 is 0. The van der Waals surface area contributed by atoms with Gasteiger partial charge in [-0.2, -0.15) is 0 Å². The smallest absolute Gasteiger partial charge is 0.220 e. The molecule has 0 saturated carbocycles. The highest BCUT2D eigenvalue weighted by Crippen LogP contribution is 2.11. The van der Waals surface area contributed by atoms with Crippen LogP contribution < -0.4 is 11.1 Å². The minimum absolute atomic E-state index is 0.156. The van der Waals surface area contributed by atoms with Gasteiger partial charge in [-0.25, -0.2) is 8.78 Å². The summed E-state index contributed by atoms with van der Waals surface area (Å²) in [4.78, 5) is 11.4. The Hall–Kier alpha value is -1.49. The number of amides is 1. The molecule has 1 aromatic rings. The topological polar surface area (TPSA) is 55.1 Å². The van der Waals surface area contributed by atoms with Crippen LogP contribution in [0.1, 0.15) is 24.8 Å². The molecule has 0 saturated heterocycles. The molecule has 0 fully saturated rings. The first-order chi connectivity index (χ1) is 8.63. The van der Waals surface area contributed by atoms with Crippen molar-refractivity contribution in [2.45, 2.75) is 25.7 Å². The summed E-state index contributed by atoms with van der Waals surface area (Å²) in [6.45, 7) is 1.17. The highest BCUT2D eigenvalue weighted by molar-refractivity contribution is 5.76. The standard InChI is InChI=1S/C13H18F2N2O/c14-11-4-5-12(15)10(9-11)3-6-13(18)17-8-2-1-7-16/h4-5,9H,1-3,6-8,16H2,(H,17,18). The first-order valence-corrected chi connectivity index (χ1v) is 6.04. The number of hydrogen-bond donors (Lipinski definition) is 2. The molecule has 0 aromatic heterocycles. The minimum atomic E-state index is -0.491. The zero-order valence-electron chi connectivity index (χ0n) is 10.2. The molecule has 0 aliphatic heterocycles.